The number of rotatable bonds is 5. The molecule has 7 heteroatoms. The standard InChI is InChI=1S/C22H22N4O3/c1-25(2)13-7-12-23-22(29)26-17-11-6-4-9-15(17)18(21(26)28)19-20(27)14-8-3-5-10-16(14)24-19/h3-6,8-11,28H,7,12-13H2,1-2H3,(H,23,29). The Morgan fingerprint density at radius 1 is 1.14 bits per heavy atom. The summed E-state index contributed by atoms with van der Waals surface area (Å²) in [7, 11) is 3.94. The van der Waals surface area contributed by atoms with Gasteiger partial charge >= 0.3 is 6.03 Å². The molecule has 0 saturated carbocycles. The van der Waals surface area contributed by atoms with E-state index < -0.39 is 6.03 Å². The fourth-order valence-electron chi connectivity index (χ4n) is 3.57. The second-order valence-corrected chi connectivity index (χ2v) is 7.25. The molecule has 3 aromatic rings. The Labute approximate surface area is 168 Å². The minimum atomic E-state index is -0.438. The second-order valence-electron chi connectivity index (χ2n) is 7.25. The van der Waals surface area contributed by atoms with Crippen LogP contribution in [-0.4, -0.2) is 59.3 Å². The van der Waals surface area contributed by atoms with Gasteiger partial charge in [-0.15, -0.1) is 0 Å². The smallest absolute Gasteiger partial charge is 0.328 e. The number of carbonyl (C=O) groups is 2. The zero-order valence-electron chi connectivity index (χ0n) is 16.3. The number of aromatic hydroxyl groups is 1. The lowest BCUT2D eigenvalue weighted by Crippen LogP contribution is -2.30. The fraction of sp³-hybridized carbons (Fsp3) is 0.227. The molecule has 2 N–H and O–H groups in total. The molecule has 148 valence electrons. The molecule has 0 atom stereocenters. The molecular formula is C22H22N4O3. The van der Waals surface area contributed by atoms with Crippen LogP contribution in [0.3, 0.4) is 0 Å². The lowest BCUT2D eigenvalue weighted by molar-refractivity contribution is 0.107. The molecule has 0 saturated heterocycles. The summed E-state index contributed by atoms with van der Waals surface area (Å²) in [5.74, 6) is -0.540. The molecule has 0 aliphatic carbocycles. The van der Waals surface area contributed by atoms with Crippen molar-refractivity contribution in [1.29, 1.82) is 0 Å². The molecule has 0 radical (unpaired) electrons. The molecular weight excluding hydrogens is 368 g/mol. The van der Waals surface area contributed by atoms with Crippen molar-refractivity contribution >= 4 is 34.1 Å². The Balaban J connectivity index is 1.73. The van der Waals surface area contributed by atoms with E-state index in [1.54, 1.807) is 42.5 Å². The minimum absolute atomic E-state index is 0.152. The Morgan fingerprint density at radius 2 is 1.86 bits per heavy atom. The topological polar surface area (TPSA) is 86.9 Å². The molecule has 0 fully saturated rings. The summed E-state index contributed by atoms with van der Waals surface area (Å²) in [6, 6.07) is 13.7. The van der Waals surface area contributed by atoms with Gasteiger partial charge in [0, 0.05) is 17.5 Å². The molecule has 1 aliphatic heterocycles. The molecule has 2 aromatic carbocycles. The van der Waals surface area contributed by atoms with E-state index in [4.69, 9.17) is 0 Å². The van der Waals surface area contributed by atoms with Crippen LogP contribution >= 0.6 is 0 Å². The van der Waals surface area contributed by atoms with Crippen molar-refractivity contribution in [3.8, 4) is 5.88 Å². The largest absolute Gasteiger partial charge is 0.494 e. The lowest BCUT2D eigenvalue weighted by Gasteiger charge is -2.11. The third-order valence-corrected chi connectivity index (χ3v) is 4.94. The maximum Gasteiger partial charge on any atom is 0.328 e. The number of amides is 1. The van der Waals surface area contributed by atoms with Crippen LogP contribution in [0.5, 0.6) is 5.88 Å². The van der Waals surface area contributed by atoms with Gasteiger partial charge in [-0.05, 0) is 45.3 Å². The molecule has 1 amide bonds. The number of carbonyl (C=O) groups excluding carboxylic acids is 2. The van der Waals surface area contributed by atoms with Crippen LogP contribution in [0.15, 0.2) is 53.5 Å². The molecule has 7 nitrogen and oxygen atoms in total. The highest BCUT2D eigenvalue weighted by Gasteiger charge is 2.32. The van der Waals surface area contributed by atoms with E-state index in [0.29, 0.717) is 28.7 Å². The quantitative estimate of drug-likeness (QED) is 0.655. The first-order chi connectivity index (χ1) is 14.0. The van der Waals surface area contributed by atoms with E-state index in [1.807, 2.05) is 25.1 Å². The minimum Gasteiger partial charge on any atom is -0.494 e. The van der Waals surface area contributed by atoms with Crippen LogP contribution in [-0.2, 0) is 0 Å². The van der Waals surface area contributed by atoms with E-state index in [9.17, 15) is 14.7 Å². The van der Waals surface area contributed by atoms with Crippen LogP contribution in [0.2, 0.25) is 0 Å². The maximum absolute atomic E-state index is 12.9. The molecule has 2 heterocycles. The first kappa shape index (κ1) is 18.9. The van der Waals surface area contributed by atoms with Gasteiger partial charge in [0.1, 0.15) is 5.71 Å². The molecule has 0 bridgehead atoms. The third-order valence-electron chi connectivity index (χ3n) is 4.94. The van der Waals surface area contributed by atoms with Crippen LogP contribution in [0.1, 0.15) is 22.3 Å². The van der Waals surface area contributed by atoms with Crippen LogP contribution in [0.25, 0.3) is 10.9 Å². The normalized spacial score (nSPS) is 13.1. The van der Waals surface area contributed by atoms with E-state index in [0.717, 1.165) is 13.0 Å². The molecule has 0 spiro atoms. The van der Waals surface area contributed by atoms with Crippen molar-refractivity contribution in [3.05, 3.63) is 59.7 Å². The number of aromatic nitrogens is 1. The summed E-state index contributed by atoms with van der Waals surface area (Å²) in [4.78, 5) is 32.2. The molecule has 1 aliphatic rings. The molecule has 29 heavy (non-hydrogen) atoms. The Kier molecular flexibility index (Phi) is 4.90. The van der Waals surface area contributed by atoms with Gasteiger partial charge < -0.3 is 15.3 Å². The predicted octanol–water partition coefficient (Wildman–Crippen LogP) is 3.17. The van der Waals surface area contributed by atoms with Crippen LogP contribution in [0, 0.1) is 0 Å². The van der Waals surface area contributed by atoms with E-state index in [1.165, 1.54) is 4.57 Å². The number of nitrogens with one attached hydrogen (secondary N) is 1. The highest BCUT2D eigenvalue weighted by atomic mass is 16.3. The zero-order chi connectivity index (χ0) is 20.5. The number of aliphatic imine (C=N–C) groups is 1. The van der Waals surface area contributed by atoms with Crippen molar-refractivity contribution in [1.82, 2.24) is 14.8 Å². The van der Waals surface area contributed by atoms with E-state index >= 15 is 0 Å². The van der Waals surface area contributed by atoms with Crippen molar-refractivity contribution in [3.63, 3.8) is 0 Å². The van der Waals surface area contributed by atoms with Crippen molar-refractivity contribution in [2.24, 2.45) is 4.99 Å². The number of hydrogen-bond donors (Lipinski definition) is 2. The Bertz CT molecular complexity index is 1140. The summed E-state index contributed by atoms with van der Waals surface area (Å²) in [5.41, 5.74) is 2.02. The van der Waals surface area contributed by atoms with Crippen LogP contribution in [0.4, 0.5) is 10.5 Å². The van der Waals surface area contributed by atoms with Crippen LogP contribution < -0.4 is 5.32 Å². The summed E-state index contributed by atoms with van der Waals surface area (Å²) in [6.45, 7) is 1.32. The average Bonchev–Trinajstić information content (AvgIpc) is 3.18. The predicted molar refractivity (Wildman–Crippen MR) is 113 cm³/mol. The number of ketones is 1. The lowest BCUT2D eigenvalue weighted by atomic mass is 10.0. The molecule has 1 aromatic heterocycles. The van der Waals surface area contributed by atoms with E-state index in [2.05, 4.69) is 10.3 Å². The number of fused-ring (bicyclic) bond motifs is 2. The first-order valence-corrected chi connectivity index (χ1v) is 9.47. The highest BCUT2D eigenvalue weighted by Crippen LogP contribution is 2.37. The Morgan fingerprint density at radius 3 is 2.62 bits per heavy atom. The number of Topliss-reactive ketones (excluding diaryl/α,β-unsaturated/α-hetero) is 1. The summed E-state index contributed by atoms with van der Waals surface area (Å²) in [6.07, 6.45) is 0.784. The number of hydrogen-bond acceptors (Lipinski definition) is 5. The first-order valence-electron chi connectivity index (χ1n) is 9.47. The van der Waals surface area contributed by atoms with Gasteiger partial charge in [0.2, 0.25) is 11.7 Å². The zero-order valence-corrected chi connectivity index (χ0v) is 16.3. The summed E-state index contributed by atoms with van der Waals surface area (Å²) in [5, 5.41) is 14.4. The third kappa shape index (κ3) is 3.30. The summed E-state index contributed by atoms with van der Waals surface area (Å²) >= 11 is 0. The van der Waals surface area contributed by atoms with Gasteiger partial charge in [-0.1, -0.05) is 30.3 Å². The maximum atomic E-state index is 12.9. The van der Waals surface area contributed by atoms with E-state index in [-0.39, 0.29) is 22.9 Å². The highest BCUT2D eigenvalue weighted by molar-refractivity contribution is 6.56. The number of nitrogens with zero attached hydrogens (tertiary/aromatic N) is 3. The number of benzene rings is 2. The monoisotopic (exact) mass is 390 g/mol. The molecule has 4 rings (SSSR count). The van der Waals surface area contributed by atoms with Gasteiger partial charge in [-0.2, -0.15) is 0 Å². The van der Waals surface area contributed by atoms with Gasteiger partial charge in [0.05, 0.1) is 16.8 Å². The Hall–Kier alpha value is -3.45. The molecule has 0 unspecified atom stereocenters. The van der Waals surface area contributed by atoms with Gasteiger partial charge in [0.25, 0.3) is 0 Å². The average molecular weight is 390 g/mol. The van der Waals surface area contributed by atoms with Gasteiger partial charge in [-0.25, -0.2) is 14.4 Å². The van der Waals surface area contributed by atoms with Gasteiger partial charge in [0.15, 0.2) is 0 Å². The summed E-state index contributed by atoms with van der Waals surface area (Å²) < 4.78 is 1.21. The van der Waals surface area contributed by atoms with Crippen molar-refractivity contribution < 1.29 is 14.7 Å². The SMILES string of the molecule is CN(C)CCCNC(=O)n1c(O)c(C2=Nc3ccccc3C2=O)c2ccccc21. The van der Waals surface area contributed by atoms with Gasteiger partial charge in [-0.3, -0.25) is 4.79 Å². The second kappa shape index (κ2) is 7.52. The number of para-hydroxylation sites is 2. The van der Waals surface area contributed by atoms with Crippen molar-refractivity contribution in [2.75, 3.05) is 27.2 Å². The van der Waals surface area contributed by atoms with Crippen molar-refractivity contribution in [2.45, 2.75) is 6.42 Å². The fourth-order valence-corrected chi connectivity index (χ4v) is 3.57.